The van der Waals surface area contributed by atoms with Crippen LogP contribution in [0.1, 0.15) is 5.56 Å². The fourth-order valence-electron chi connectivity index (χ4n) is 3.02. The number of nitrogens with zero attached hydrogens (tertiary/aromatic N) is 5. The largest absolute Gasteiger partial charge is 0.493 e. The molecule has 0 bridgehead atoms. The molecule has 0 saturated carbocycles. The number of ether oxygens (including phenoxy) is 2. The van der Waals surface area contributed by atoms with Crippen LogP contribution in [-0.4, -0.2) is 60.2 Å². The van der Waals surface area contributed by atoms with Gasteiger partial charge in [0.05, 0.1) is 19.1 Å². The maximum atomic E-state index is 10.8. The molecule has 0 amide bonds. The molecule has 1 aromatic heterocycles. The van der Waals surface area contributed by atoms with E-state index in [0.717, 1.165) is 31.4 Å². The third-order valence-corrected chi connectivity index (χ3v) is 4.49. The minimum atomic E-state index is -0.583. The Bertz CT molecular complexity index is 823. The topological polar surface area (TPSA) is 120 Å². The molecule has 1 saturated heterocycles. The molecule has 2 heterocycles. The van der Waals surface area contributed by atoms with E-state index in [-0.39, 0.29) is 11.5 Å². The molecule has 0 aliphatic carbocycles. The molecule has 10 heteroatoms. The second-order valence-electron chi connectivity index (χ2n) is 6.15. The van der Waals surface area contributed by atoms with Crippen molar-refractivity contribution in [2.24, 2.45) is 0 Å². The number of benzene rings is 1. The Balaban J connectivity index is 1.61. The summed E-state index contributed by atoms with van der Waals surface area (Å²) < 4.78 is 10.6. The lowest BCUT2D eigenvalue weighted by molar-refractivity contribution is -0.384. The zero-order valence-corrected chi connectivity index (χ0v) is 15.3. The SMILES string of the molecule is COc1ccc(CN2CCN(c3ncc([N+](=O)[O-])c(N)n3)CC2)cc1OC. The molecule has 144 valence electrons. The maximum absolute atomic E-state index is 10.8. The molecular weight excluding hydrogens is 352 g/mol. The molecule has 2 N–H and O–H groups in total. The van der Waals surface area contributed by atoms with E-state index in [1.807, 2.05) is 23.1 Å². The first kappa shape index (κ1) is 18.6. The lowest BCUT2D eigenvalue weighted by Gasteiger charge is -2.34. The van der Waals surface area contributed by atoms with Crippen molar-refractivity contribution >= 4 is 17.5 Å². The van der Waals surface area contributed by atoms with Gasteiger partial charge in [-0.1, -0.05) is 6.07 Å². The summed E-state index contributed by atoms with van der Waals surface area (Å²) in [5.74, 6) is 1.73. The van der Waals surface area contributed by atoms with Gasteiger partial charge in [-0.05, 0) is 17.7 Å². The van der Waals surface area contributed by atoms with E-state index < -0.39 is 4.92 Å². The minimum Gasteiger partial charge on any atom is -0.493 e. The first-order valence-electron chi connectivity index (χ1n) is 8.47. The summed E-state index contributed by atoms with van der Waals surface area (Å²) in [6, 6.07) is 5.90. The average molecular weight is 374 g/mol. The van der Waals surface area contributed by atoms with Gasteiger partial charge in [-0.25, -0.2) is 4.98 Å². The van der Waals surface area contributed by atoms with Crippen molar-refractivity contribution in [2.75, 3.05) is 51.0 Å². The normalized spacial score (nSPS) is 14.8. The fraction of sp³-hybridized carbons (Fsp3) is 0.412. The Hall–Kier alpha value is -3.14. The highest BCUT2D eigenvalue weighted by atomic mass is 16.6. The quantitative estimate of drug-likeness (QED) is 0.589. The monoisotopic (exact) mass is 374 g/mol. The molecule has 10 nitrogen and oxygen atoms in total. The fourth-order valence-corrected chi connectivity index (χ4v) is 3.02. The summed E-state index contributed by atoms with van der Waals surface area (Å²) in [7, 11) is 3.24. The van der Waals surface area contributed by atoms with Gasteiger partial charge >= 0.3 is 5.69 Å². The number of aromatic nitrogens is 2. The molecule has 3 rings (SSSR count). The van der Waals surface area contributed by atoms with Gasteiger partial charge < -0.3 is 20.1 Å². The number of rotatable bonds is 6. The standard InChI is InChI=1S/C17H22N6O4/c1-26-14-4-3-12(9-15(14)27-2)11-21-5-7-22(8-6-21)17-19-10-13(23(24)25)16(18)20-17/h3-4,9-10H,5-8,11H2,1-2H3,(H2,18,19,20). The van der Waals surface area contributed by atoms with E-state index >= 15 is 0 Å². The summed E-state index contributed by atoms with van der Waals surface area (Å²) >= 11 is 0. The van der Waals surface area contributed by atoms with Crippen LogP contribution in [0.4, 0.5) is 17.5 Å². The molecule has 1 aliphatic rings. The lowest BCUT2D eigenvalue weighted by Crippen LogP contribution is -2.46. The molecular formula is C17H22N6O4. The van der Waals surface area contributed by atoms with Gasteiger partial charge in [-0.2, -0.15) is 4.98 Å². The van der Waals surface area contributed by atoms with Crippen molar-refractivity contribution in [3.63, 3.8) is 0 Å². The summed E-state index contributed by atoms with van der Waals surface area (Å²) in [5.41, 5.74) is 6.52. The predicted molar refractivity (Wildman–Crippen MR) is 100 cm³/mol. The van der Waals surface area contributed by atoms with Gasteiger partial charge in [0.25, 0.3) is 0 Å². The zero-order valence-electron chi connectivity index (χ0n) is 15.3. The van der Waals surface area contributed by atoms with Gasteiger partial charge in [0, 0.05) is 32.7 Å². The summed E-state index contributed by atoms with van der Waals surface area (Å²) in [6.45, 7) is 3.84. The van der Waals surface area contributed by atoms with Crippen molar-refractivity contribution in [1.82, 2.24) is 14.9 Å². The van der Waals surface area contributed by atoms with Gasteiger partial charge in [-0.15, -0.1) is 0 Å². The van der Waals surface area contributed by atoms with E-state index in [1.54, 1.807) is 14.2 Å². The molecule has 2 aromatic rings. The highest BCUT2D eigenvalue weighted by molar-refractivity contribution is 5.53. The van der Waals surface area contributed by atoms with Crippen LogP contribution in [0.25, 0.3) is 0 Å². The van der Waals surface area contributed by atoms with Crippen LogP contribution in [0.2, 0.25) is 0 Å². The highest BCUT2D eigenvalue weighted by Crippen LogP contribution is 2.28. The molecule has 1 aromatic carbocycles. The highest BCUT2D eigenvalue weighted by Gasteiger charge is 2.22. The number of nitrogens with two attached hydrogens (primary N) is 1. The number of piperazine rings is 1. The van der Waals surface area contributed by atoms with Crippen LogP contribution in [0.5, 0.6) is 11.5 Å². The van der Waals surface area contributed by atoms with Crippen molar-refractivity contribution < 1.29 is 14.4 Å². The molecule has 1 aliphatic heterocycles. The Kier molecular flexibility index (Phi) is 5.55. The Morgan fingerprint density at radius 2 is 1.89 bits per heavy atom. The third kappa shape index (κ3) is 4.17. The zero-order chi connectivity index (χ0) is 19.4. The molecule has 0 unspecified atom stereocenters. The van der Waals surface area contributed by atoms with E-state index in [9.17, 15) is 10.1 Å². The van der Waals surface area contributed by atoms with E-state index in [1.165, 1.54) is 0 Å². The van der Waals surface area contributed by atoms with Crippen LogP contribution < -0.4 is 20.1 Å². The second-order valence-corrected chi connectivity index (χ2v) is 6.15. The summed E-state index contributed by atoms with van der Waals surface area (Å²) in [4.78, 5) is 22.7. The molecule has 0 atom stereocenters. The molecule has 0 spiro atoms. The minimum absolute atomic E-state index is 0.113. The molecule has 0 radical (unpaired) electrons. The van der Waals surface area contributed by atoms with E-state index in [0.29, 0.717) is 30.5 Å². The number of nitro groups is 1. The smallest absolute Gasteiger partial charge is 0.329 e. The van der Waals surface area contributed by atoms with Crippen molar-refractivity contribution in [1.29, 1.82) is 0 Å². The van der Waals surface area contributed by atoms with Crippen LogP contribution in [0.3, 0.4) is 0 Å². The second kappa shape index (κ2) is 8.04. The Morgan fingerprint density at radius 1 is 1.19 bits per heavy atom. The van der Waals surface area contributed by atoms with Gasteiger partial charge in [0.1, 0.15) is 6.20 Å². The third-order valence-electron chi connectivity index (χ3n) is 4.49. The van der Waals surface area contributed by atoms with Crippen LogP contribution >= 0.6 is 0 Å². The summed E-state index contributed by atoms with van der Waals surface area (Å²) in [6.07, 6.45) is 1.16. The number of hydrogen-bond donors (Lipinski definition) is 1. The van der Waals surface area contributed by atoms with E-state index in [2.05, 4.69) is 14.9 Å². The van der Waals surface area contributed by atoms with E-state index in [4.69, 9.17) is 15.2 Å². The van der Waals surface area contributed by atoms with Crippen LogP contribution in [0, 0.1) is 10.1 Å². The first-order valence-corrected chi connectivity index (χ1v) is 8.47. The van der Waals surface area contributed by atoms with Crippen LogP contribution in [-0.2, 0) is 6.54 Å². The number of hydrogen-bond acceptors (Lipinski definition) is 9. The average Bonchev–Trinajstić information content (AvgIpc) is 2.68. The summed E-state index contributed by atoms with van der Waals surface area (Å²) in [5, 5.41) is 10.8. The molecule has 27 heavy (non-hydrogen) atoms. The first-order chi connectivity index (χ1) is 13.0. The number of methoxy groups -OCH3 is 2. The van der Waals surface area contributed by atoms with Gasteiger partial charge in [0.15, 0.2) is 11.5 Å². The molecule has 1 fully saturated rings. The van der Waals surface area contributed by atoms with Crippen molar-refractivity contribution in [3.8, 4) is 11.5 Å². The predicted octanol–water partition coefficient (Wildman–Crippen LogP) is 1.31. The number of nitrogen functional groups attached to an aromatic ring is 1. The number of anilines is 2. The van der Waals surface area contributed by atoms with Gasteiger partial charge in [0.2, 0.25) is 11.8 Å². The van der Waals surface area contributed by atoms with Crippen molar-refractivity contribution in [3.05, 3.63) is 40.1 Å². The maximum Gasteiger partial charge on any atom is 0.329 e. The lowest BCUT2D eigenvalue weighted by atomic mass is 10.1. The Morgan fingerprint density at radius 3 is 2.48 bits per heavy atom. The van der Waals surface area contributed by atoms with Crippen molar-refractivity contribution in [2.45, 2.75) is 6.54 Å². The van der Waals surface area contributed by atoms with Gasteiger partial charge in [-0.3, -0.25) is 15.0 Å². The Labute approximate surface area is 156 Å². The van der Waals surface area contributed by atoms with Crippen LogP contribution in [0.15, 0.2) is 24.4 Å².